The number of benzene rings is 2. The number of thiol groups is 1. The number of hydrogen-bond donors (Lipinski definition) is 1. The van der Waals surface area contributed by atoms with Gasteiger partial charge in [-0.1, -0.05) is 31.9 Å². The second-order valence-corrected chi connectivity index (χ2v) is 8.18. The third kappa shape index (κ3) is 4.01. The van der Waals surface area contributed by atoms with Gasteiger partial charge in [0.25, 0.3) is 5.91 Å². The quantitative estimate of drug-likeness (QED) is 0.458. The summed E-state index contributed by atoms with van der Waals surface area (Å²) in [5, 5.41) is 1.45. The Morgan fingerprint density at radius 1 is 1.17 bits per heavy atom. The Kier molecular flexibility index (Phi) is 6.97. The molecule has 0 saturated heterocycles. The van der Waals surface area contributed by atoms with Crippen LogP contribution in [0.4, 0.5) is 11.4 Å². The molecule has 0 bridgehead atoms. The number of carbonyl (C=O) groups excluding carboxylic acids is 2. The van der Waals surface area contributed by atoms with Gasteiger partial charge < -0.3 is 9.64 Å². The molecule has 162 valence electrons. The number of hydrogen-bond acceptors (Lipinski definition) is 5. The molecule has 2 aromatic carbocycles. The minimum Gasteiger partial charge on any atom is -0.466 e. The highest BCUT2D eigenvalue weighted by Crippen LogP contribution is 2.42. The minimum absolute atomic E-state index is 0.0138. The Bertz CT molecular complexity index is 1030. The smallest absolute Gasteiger partial charge is 0.307 e. The van der Waals surface area contributed by atoms with Crippen molar-refractivity contribution in [3.63, 3.8) is 0 Å². The first-order valence-corrected chi connectivity index (χ1v) is 11.5. The molecule has 0 fully saturated rings. The molecule has 30 heavy (non-hydrogen) atoms. The number of ether oxygens (including phenoxy) is 1. The van der Waals surface area contributed by atoms with E-state index in [4.69, 9.17) is 4.74 Å². The molecule has 1 heterocycles. The van der Waals surface area contributed by atoms with Crippen molar-refractivity contribution < 1.29 is 22.7 Å². The molecule has 0 aromatic heterocycles. The molecule has 1 aliphatic rings. The van der Waals surface area contributed by atoms with E-state index in [1.165, 1.54) is 4.31 Å². The van der Waals surface area contributed by atoms with Crippen molar-refractivity contribution in [1.82, 2.24) is 0 Å². The summed E-state index contributed by atoms with van der Waals surface area (Å²) >= 11 is 0. The second-order valence-electron chi connectivity index (χ2n) is 7.27. The van der Waals surface area contributed by atoms with Crippen molar-refractivity contribution in [3.05, 3.63) is 35.9 Å². The lowest BCUT2D eigenvalue weighted by molar-refractivity contribution is -0.143. The number of unbranched alkanes of at least 4 members (excludes halogenated alkanes) is 1. The number of anilines is 2. The normalized spacial score (nSPS) is 13.9. The van der Waals surface area contributed by atoms with Crippen LogP contribution in [0.2, 0.25) is 0 Å². The topological polar surface area (TPSA) is 84.0 Å². The SMILES string of the molecule is CCCCC(CC(=O)OCC)N(c1ccc2c3c(cccc13)C(=O)N2CC)[SH](=O)=O. The third-order valence-electron chi connectivity index (χ3n) is 5.45. The summed E-state index contributed by atoms with van der Waals surface area (Å²) in [6, 6.07) is 8.35. The zero-order chi connectivity index (χ0) is 21.8. The van der Waals surface area contributed by atoms with Crippen molar-refractivity contribution in [2.75, 3.05) is 22.4 Å². The Hall–Kier alpha value is -2.61. The van der Waals surface area contributed by atoms with Gasteiger partial charge in [0.15, 0.2) is 0 Å². The van der Waals surface area contributed by atoms with Gasteiger partial charge in [0.05, 0.1) is 30.4 Å². The van der Waals surface area contributed by atoms with Crippen molar-refractivity contribution in [2.24, 2.45) is 0 Å². The third-order valence-corrected chi connectivity index (χ3v) is 6.34. The molecule has 1 atom stereocenters. The summed E-state index contributed by atoms with van der Waals surface area (Å²) in [6.07, 6.45) is 2.20. The van der Waals surface area contributed by atoms with Crippen LogP contribution in [0.5, 0.6) is 0 Å². The monoisotopic (exact) mass is 432 g/mol. The summed E-state index contributed by atoms with van der Waals surface area (Å²) < 4.78 is 31.2. The van der Waals surface area contributed by atoms with Gasteiger partial charge >= 0.3 is 5.97 Å². The van der Waals surface area contributed by atoms with Crippen molar-refractivity contribution in [2.45, 2.75) is 52.5 Å². The number of nitrogens with zero attached hydrogens (tertiary/aromatic N) is 2. The maximum Gasteiger partial charge on any atom is 0.307 e. The molecule has 1 unspecified atom stereocenters. The van der Waals surface area contributed by atoms with Gasteiger partial charge in [0.2, 0.25) is 10.9 Å². The van der Waals surface area contributed by atoms with Gasteiger partial charge in [0.1, 0.15) is 0 Å². The van der Waals surface area contributed by atoms with Crippen LogP contribution in [-0.2, 0) is 20.4 Å². The van der Waals surface area contributed by atoms with E-state index in [1.807, 2.05) is 19.9 Å². The molecular formula is C22H28N2O5S. The summed E-state index contributed by atoms with van der Waals surface area (Å²) in [7, 11) is -3.01. The predicted octanol–water partition coefficient (Wildman–Crippen LogP) is 3.66. The average molecular weight is 433 g/mol. The van der Waals surface area contributed by atoms with Gasteiger partial charge in [-0.05, 0) is 38.5 Å². The number of rotatable bonds is 10. The minimum atomic E-state index is -3.01. The number of carbonyl (C=O) groups is 2. The molecule has 3 rings (SSSR count). The van der Waals surface area contributed by atoms with E-state index < -0.39 is 22.9 Å². The van der Waals surface area contributed by atoms with E-state index in [0.717, 1.165) is 23.9 Å². The average Bonchev–Trinajstić information content (AvgIpc) is 3.00. The van der Waals surface area contributed by atoms with Crippen LogP contribution in [0.25, 0.3) is 10.8 Å². The molecule has 0 N–H and O–H groups in total. The molecule has 8 heteroatoms. The predicted molar refractivity (Wildman–Crippen MR) is 119 cm³/mol. The van der Waals surface area contributed by atoms with Gasteiger partial charge in [-0.15, -0.1) is 0 Å². The molecule has 7 nitrogen and oxygen atoms in total. The molecule has 1 aliphatic heterocycles. The van der Waals surface area contributed by atoms with E-state index in [2.05, 4.69) is 0 Å². The van der Waals surface area contributed by atoms with E-state index >= 15 is 0 Å². The maximum atomic E-state index is 12.7. The summed E-state index contributed by atoms with van der Waals surface area (Å²) in [4.78, 5) is 26.6. The maximum absolute atomic E-state index is 12.7. The second kappa shape index (κ2) is 9.47. The van der Waals surface area contributed by atoms with Crippen molar-refractivity contribution >= 4 is 44.9 Å². The van der Waals surface area contributed by atoms with E-state index in [1.54, 1.807) is 36.1 Å². The van der Waals surface area contributed by atoms with E-state index in [0.29, 0.717) is 29.6 Å². The zero-order valence-electron chi connectivity index (χ0n) is 17.6. The van der Waals surface area contributed by atoms with E-state index in [-0.39, 0.29) is 18.9 Å². The van der Waals surface area contributed by atoms with Gasteiger partial charge in [-0.25, -0.2) is 8.42 Å². The molecule has 0 aliphatic carbocycles. The Balaban J connectivity index is 2.13. The Morgan fingerprint density at radius 3 is 2.57 bits per heavy atom. The molecule has 0 radical (unpaired) electrons. The number of esters is 1. The molecule has 0 spiro atoms. The van der Waals surface area contributed by atoms with Crippen LogP contribution in [0, 0.1) is 0 Å². The lowest BCUT2D eigenvalue weighted by atomic mass is 10.0. The lowest BCUT2D eigenvalue weighted by Gasteiger charge is -2.29. The molecule has 1 amide bonds. The van der Waals surface area contributed by atoms with Gasteiger partial charge in [0, 0.05) is 22.9 Å². The first-order valence-electron chi connectivity index (χ1n) is 10.4. The Labute approximate surface area is 178 Å². The van der Waals surface area contributed by atoms with E-state index in [9.17, 15) is 18.0 Å². The fraction of sp³-hybridized carbons (Fsp3) is 0.455. The summed E-state index contributed by atoms with van der Waals surface area (Å²) in [6.45, 7) is 6.43. The fourth-order valence-electron chi connectivity index (χ4n) is 4.13. The zero-order valence-corrected chi connectivity index (χ0v) is 18.5. The standard InChI is InChI=1S/C22H28N2O5S/c1-4-7-9-15(14-20(25)29-6-3)24(30(27)28)18-12-13-19-21-16(18)10-8-11-17(21)22(26)23(19)5-2/h8,10-13,15,30H,4-7,9,14H2,1-3H3. The van der Waals surface area contributed by atoms with Crippen LogP contribution in [0.3, 0.4) is 0 Å². The highest BCUT2D eigenvalue weighted by molar-refractivity contribution is 7.74. The van der Waals surface area contributed by atoms with Crippen molar-refractivity contribution in [1.29, 1.82) is 0 Å². The highest BCUT2D eigenvalue weighted by Gasteiger charge is 2.32. The lowest BCUT2D eigenvalue weighted by Crippen LogP contribution is -2.36. The van der Waals surface area contributed by atoms with Crippen LogP contribution >= 0.6 is 0 Å². The number of amides is 1. The van der Waals surface area contributed by atoms with Gasteiger partial charge in [-0.3, -0.25) is 13.9 Å². The van der Waals surface area contributed by atoms with Crippen LogP contribution in [-0.4, -0.2) is 39.5 Å². The summed E-state index contributed by atoms with van der Waals surface area (Å²) in [5.41, 5.74) is 1.85. The summed E-state index contributed by atoms with van der Waals surface area (Å²) in [5.74, 6) is -0.499. The highest BCUT2D eigenvalue weighted by atomic mass is 32.2. The van der Waals surface area contributed by atoms with Crippen LogP contribution < -0.4 is 9.21 Å². The van der Waals surface area contributed by atoms with Gasteiger partial charge in [-0.2, -0.15) is 0 Å². The molecule has 2 aromatic rings. The molecular weight excluding hydrogens is 404 g/mol. The molecule has 0 saturated carbocycles. The van der Waals surface area contributed by atoms with Crippen LogP contribution in [0.15, 0.2) is 30.3 Å². The first-order chi connectivity index (χ1) is 14.4. The largest absolute Gasteiger partial charge is 0.466 e. The fourth-order valence-corrected chi connectivity index (χ4v) is 4.94. The van der Waals surface area contributed by atoms with Crippen molar-refractivity contribution in [3.8, 4) is 0 Å². The first kappa shape index (κ1) is 22.1. The Morgan fingerprint density at radius 2 is 1.93 bits per heavy atom. The van der Waals surface area contributed by atoms with Crippen LogP contribution in [0.1, 0.15) is 56.8 Å².